The molecule has 1 spiro atoms. The Hall–Kier alpha value is -3.55. The second kappa shape index (κ2) is 9.13. The van der Waals surface area contributed by atoms with Gasteiger partial charge < -0.3 is 14.7 Å². The van der Waals surface area contributed by atoms with Crippen LogP contribution >= 0.6 is 0 Å². The minimum absolute atomic E-state index is 0.0326. The molecule has 5 rings (SSSR count). The summed E-state index contributed by atoms with van der Waals surface area (Å²) < 4.78 is 5.34. The predicted molar refractivity (Wildman–Crippen MR) is 120 cm³/mol. The van der Waals surface area contributed by atoms with Crippen molar-refractivity contribution in [3.63, 3.8) is 0 Å². The molecule has 1 aliphatic carbocycles. The summed E-state index contributed by atoms with van der Waals surface area (Å²) in [5, 5.41) is 7.08. The Morgan fingerprint density at radius 2 is 1.91 bits per heavy atom. The molecule has 1 aliphatic heterocycles. The third-order valence-electron chi connectivity index (χ3n) is 6.94. The van der Waals surface area contributed by atoms with Gasteiger partial charge in [-0.3, -0.25) is 14.6 Å². The lowest BCUT2D eigenvalue weighted by molar-refractivity contribution is -0.130. The van der Waals surface area contributed by atoms with Crippen molar-refractivity contribution in [2.75, 3.05) is 13.1 Å². The third kappa shape index (κ3) is 4.51. The molecule has 33 heavy (non-hydrogen) atoms. The fraction of sp³-hybridized carbons (Fsp3) is 0.400. The Kier molecular flexibility index (Phi) is 5.90. The van der Waals surface area contributed by atoms with Gasteiger partial charge in [0.05, 0.1) is 5.92 Å². The minimum atomic E-state index is -0.162. The summed E-state index contributed by atoms with van der Waals surface area (Å²) >= 11 is 0. The molecular formula is C25H27N5O3. The average Bonchev–Trinajstić information content (AvgIpc) is 3.48. The van der Waals surface area contributed by atoms with E-state index >= 15 is 0 Å². The molecule has 0 radical (unpaired) electrons. The molecule has 2 aliphatic rings. The maximum atomic E-state index is 13.0. The van der Waals surface area contributed by atoms with Crippen molar-refractivity contribution < 1.29 is 14.1 Å². The highest BCUT2D eigenvalue weighted by molar-refractivity contribution is 5.83. The second-order valence-electron chi connectivity index (χ2n) is 8.99. The maximum absolute atomic E-state index is 13.0. The summed E-state index contributed by atoms with van der Waals surface area (Å²) in [7, 11) is 0. The van der Waals surface area contributed by atoms with Gasteiger partial charge in [0.15, 0.2) is 0 Å². The first-order chi connectivity index (χ1) is 16.1. The highest BCUT2D eigenvalue weighted by Gasteiger charge is 2.54. The molecule has 2 aromatic heterocycles. The molecule has 1 atom stereocenters. The first-order valence-electron chi connectivity index (χ1n) is 11.5. The van der Waals surface area contributed by atoms with Gasteiger partial charge in [-0.25, -0.2) is 0 Å². The van der Waals surface area contributed by atoms with E-state index in [2.05, 4.69) is 20.4 Å². The van der Waals surface area contributed by atoms with Crippen LogP contribution in [0.1, 0.15) is 37.1 Å². The number of pyridine rings is 1. The summed E-state index contributed by atoms with van der Waals surface area (Å²) in [5.41, 5.74) is 1.82. The molecule has 1 N–H and O–H groups in total. The normalized spacial score (nSPS) is 18.8. The molecule has 2 fully saturated rings. The molecule has 3 heterocycles. The van der Waals surface area contributed by atoms with Gasteiger partial charge >= 0.3 is 0 Å². The lowest BCUT2D eigenvalue weighted by Gasteiger charge is -2.41. The molecule has 8 nitrogen and oxygen atoms in total. The van der Waals surface area contributed by atoms with Crippen LogP contribution in [-0.4, -0.2) is 44.9 Å². The number of likely N-dealkylation sites (tertiary alicyclic amines) is 1. The minimum Gasteiger partial charge on any atom is -0.352 e. The van der Waals surface area contributed by atoms with Crippen molar-refractivity contribution in [1.82, 2.24) is 25.3 Å². The topological polar surface area (TPSA) is 101 Å². The third-order valence-corrected chi connectivity index (χ3v) is 6.94. The van der Waals surface area contributed by atoms with Crippen molar-refractivity contribution in [1.29, 1.82) is 0 Å². The summed E-state index contributed by atoms with van der Waals surface area (Å²) in [6.45, 7) is 1.60. The highest BCUT2D eigenvalue weighted by atomic mass is 16.5. The van der Waals surface area contributed by atoms with Gasteiger partial charge in [0.1, 0.15) is 0 Å². The molecule has 1 aromatic carbocycles. The fourth-order valence-corrected chi connectivity index (χ4v) is 4.90. The Morgan fingerprint density at radius 3 is 2.64 bits per heavy atom. The van der Waals surface area contributed by atoms with E-state index in [1.165, 1.54) is 0 Å². The molecule has 2 amide bonds. The van der Waals surface area contributed by atoms with Crippen LogP contribution in [-0.2, 0) is 22.6 Å². The summed E-state index contributed by atoms with van der Waals surface area (Å²) in [4.78, 5) is 36.3. The molecule has 170 valence electrons. The van der Waals surface area contributed by atoms with Gasteiger partial charge in [-0.2, -0.15) is 4.98 Å². The summed E-state index contributed by atoms with van der Waals surface area (Å²) in [6, 6.07) is 13.4. The Balaban J connectivity index is 1.17. The molecule has 0 bridgehead atoms. The van der Waals surface area contributed by atoms with Crippen molar-refractivity contribution in [3.8, 4) is 11.4 Å². The molecule has 1 unspecified atom stereocenters. The lowest BCUT2D eigenvalue weighted by atomic mass is 9.62. The van der Waals surface area contributed by atoms with Crippen LogP contribution in [0.2, 0.25) is 0 Å². The molecular weight excluding hydrogens is 418 g/mol. The van der Waals surface area contributed by atoms with Crippen molar-refractivity contribution in [3.05, 3.63) is 66.3 Å². The van der Waals surface area contributed by atoms with Crippen molar-refractivity contribution >= 4 is 11.8 Å². The van der Waals surface area contributed by atoms with E-state index in [0.29, 0.717) is 37.8 Å². The van der Waals surface area contributed by atoms with Gasteiger partial charge in [-0.1, -0.05) is 41.9 Å². The summed E-state index contributed by atoms with van der Waals surface area (Å²) in [6.07, 6.45) is 7.22. The second-order valence-corrected chi connectivity index (χ2v) is 8.99. The number of rotatable bonds is 7. The number of hydrogen-bond acceptors (Lipinski definition) is 6. The van der Waals surface area contributed by atoms with Crippen LogP contribution in [0.25, 0.3) is 11.4 Å². The zero-order valence-corrected chi connectivity index (χ0v) is 18.4. The number of amides is 2. The molecule has 3 aromatic rings. The quantitative estimate of drug-likeness (QED) is 0.600. The van der Waals surface area contributed by atoms with Crippen LogP contribution in [0.15, 0.2) is 59.4 Å². The Morgan fingerprint density at radius 1 is 1.12 bits per heavy atom. The molecule has 8 heteroatoms. The monoisotopic (exact) mass is 445 g/mol. The number of nitrogens with zero attached hydrogens (tertiary/aromatic N) is 4. The number of hydrogen-bond donors (Lipinski definition) is 1. The van der Waals surface area contributed by atoms with Crippen LogP contribution < -0.4 is 5.32 Å². The number of nitrogens with one attached hydrogen (secondary N) is 1. The zero-order chi connectivity index (χ0) is 22.7. The smallest absolute Gasteiger partial charge is 0.227 e. The zero-order valence-electron chi connectivity index (χ0n) is 18.4. The van der Waals surface area contributed by atoms with E-state index < -0.39 is 0 Å². The lowest BCUT2D eigenvalue weighted by Crippen LogP contribution is -2.45. The Bertz CT molecular complexity index is 1110. The molecule has 1 saturated heterocycles. The number of aromatic nitrogens is 3. The van der Waals surface area contributed by atoms with Gasteiger partial charge in [0, 0.05) is 55.8 Å². The van der Waals surface area contributed by atoms with Crippen molar-refractivity contribution in [2.24, 2.45) is 11.3 Å². The van der Waals surface area contributed by atoms with Crippen molar-refractivity contribution in [2.45, 2.75) is 38.6 Å². The maximum Gasteiger partial charge on any atom is 0.227 e. The number of carbonyl (C=O) groups excluding carboxylic acids is 2. The van der Waals surface area contributed by atoms with Gasteiger partial charge in [0.25, 0.3) is 0 Å². The molecule has 1 saturated carbocycles. The fourth-order valence-electron chi connectivity index (χ4n) is 4.90. The van der Waals surface area contributed by atoms with Crippen LogP contribution in [0, 0.1) is 11.3 Å². The SMILES string of the molecule is O=C(NCc1ccncc1)C1CN(C(=O)CCc2nc(-c3ccccc3)no2)CC12CCC2. The first-order valence-corrected chi connectivity index (χ1v) is 11.5. The van der Waals surface area contributed by atoms with E-state index in [-0.39, 0.29) is 29.6 Å². The summed E-state index contributed by atoms with van der Waals surface area (Å²) in [5.74, 6) is 0.881. The standard InChI is InChI=1S/C25H27N5O3/c31-22(8-7-21-28-23(29-33-21)19-5-2-1-3-6-19)30-16-20(25(17-30)11-4-12-25)24(32)27-15-18-9-13-26-14-10-18/h1-3,5-6,9-10,13-14,20H,4,7-8,11-12,15-17H2,(H,27,32). The van der Waals surface area contributed by atoms with E-state index in [4.69, 9.17) is 4.52 Å². The first kappa shape index (κ1) is 21.3. The van der Waals surface area contributed by atoms with E-state index in [0.717, 1.165) is 30.4 Å². The van der Waals surface area contributed by atoms with Crippen LogP contribution in [0.4, 0.5) is 0 Å². The van der Waals surface area contributed by atoms with Gasteiger partial charge in [0.2, 0.25) is 23.5 Å². The van der Waals surface area contributed by atoms with E-state index in [1.54, 1.807) is 12.4 Å². The van der Waals surface area contributed by atoms with E-state index in [9.17, 15) is 9.59 Å². The van der Waals surface area contributed by atoms with Gasteiger partial charge in [-0.15, -0.1) is 0 Å². The largest absolute Gasteiger partial charge is 0.352 e. The van der Waals surface area contributed by atoms with E-state index in [1.807, 2.05) is 47.4 Å². The van der Waals surface area contributed by atoms with Crippen LogP contribution in [0.5, 0.6) is 0 Å². The van der Waals surface area contributed by atoms with Crippen LogP contribution in [0.3, 0.4) is 0 Å². The predicted octanol–water partition coefficient (Wildman–Crippen LogP) is 3.01. The van der Waals surface area contributed by atoms with Gasteiger partial charge in [-0.05, 0) is 30.5 Å². The Labute approximate surface area is 192 Å². The number of benzene rings is 1. The average molecular weight is 446 g/mol. The number of carbonyl (C=O) groups is 2. The number of aryl methyl sites for hydroxylation is 1. The highest BCUT2D eigenvalue weighted by Crippen LogP contribution is 2.51.